The summed E-state index contributed by atoms with van der Waals surface area (Å²) in [7, 11) is 1.68. The van der Waals surface area contributed by atoms with Gasteiger partial charge in [-0.25, -0.2) is 0 Å². The standard InChI is InChI=1S/C15H24N2O2/c1-19-12-6-5-11-17-15(18)14(16)10-9-13-7-3-2-4-8-13/h2-4,7-8,14H,5-6,9-12,16H2,1H3,(H,17,18)/t14-/m0/s1. The van der Waals surface area contributed by atoms with E-state index in [1.54, 1.807) is 7.11 Å². The largest absolute Gasteiger partial charge is 0.385 e. The van der Waals surface area contributed by atoms with Crippen molar-refractivity contribution in [1.29, 1.82) is 0 Å². The quantitative estimate of drug-likeness (QED) is 0.664. The number of amides is 1. The second-order valence-electron chi connectivity index (χ2n) is 4.62. The maximum Gasteiger partial charge on any atom is 0.236 e. The molecule has 0 saturated heterocycles. The Labute approximate surface area is 115 Å². The van der Waals surface area contributed by atoms with Crippen LogP contribution in [0.5, 0.6) is 0 Å². The lowest BCUT2D eigenvalue weighted by molar-refractivity contribution is -0.122. The first kappa shape index (κ1) is 15.7. The van der Waals surface area contributed by atoms with Gasteiger partial charge in [0.25, 0.3) is 0 Å². The number of unbranched alkanes of at least 4 members (excludes halogenated alkanes) is 1. The van der Waals surface area contributed by atoms with Crippen molar-refractivity contribution in [2.45, 2.75) is 31.7 Å². The summed E-state index contributed by atoms with van der Waals surface area (Å²) in [5, 5.41) is 2.86. The van der Waals surface area contributed by atoms with Gasteiger partial charge in [-0.3, -0.25) is 4.79 Å². The minimum Gasteiger partial charge on any atom is -0.385 e. The number of benzene rings is 1. The molecule has 0 aliphatic heterocycles. The normalized spacial score (nSPS) is 12.1. The average Bonchev–Trinajstić information content (AvgIpc) is 2.45. The van der Waals surface area contributed by atoms with E-state index in [4.69, 9.17) is 10.5 Å². The van der Waals surface area contributed by atoms with E-state index < -0.39 is 6.04 Å². The first-order chi connectivity index (χ1) is 9.24. The summed E-state index contributed by atoms with van der Waals surface area (Å²) < 4.78 is 4.95. The van der Waals surface area contributed by atoms with Gasteiger partial charge < -0.3 is 15.8 Å². The molecule has 0 bridgehead atoms. The number of hydrogen-bond acceptors (Lipinski definition) is 3. The number of ether oxygens (including phenoxy) is 1. The summed E-state index contributed by atoms with van der Waals surface area (Å²) in [6, 6.07) is 9.65. The van der Waals surface area contributed by atoms with Crippen molar-refractivity contribution < 1.29 is 9.53 Å². The molecule has 0 aliphatic carbocycles. The van der Waals surface area contributed by atoms with Crippen molar-refractivity contribution in [2.24, 2.45) is 5.73 Å². The van der Waals surface area contributed by atoms with Crippen molar-refractivity contribution in [3.05, 3.63) is 35.9 Å². The van der Waals surface area contributed by atoms with Gasteiger partial charge in [-0.15, -0.1) is 0 Å². The molecule has 4 heteroatoms. The van der Waals surface area contributed by atoms with Gasteiger partial charge in [-0.05, 0) is 31.2 Å². The fraction of sp³-hybridized carbons (Fsp3) is 0.533. The molecule has 0 saturated carbocycles. The second-order valence-corrected chi connectivity index (χ2v) is 4.62. The van der Waals surface area contributed by atoms with Crippen LogP contribution in [-0.4, -0.2) is 32.2 Å². The molecule has 106 valence electrons. The minimum absolute atomic E-state index is 0.0617. The van der Waals surface area contributed by atoms with E-state index >= 15 is 0 Å². The summed E-state index contributed by atoms with van der Waals surface area (Å²) in [6.45, 7) is 1.40. The molecule has 4 nitrogen and oxygen atoms in total. The van der Waals surface area contributed by atoms with Crippen LogP contribution in [0.15, 0.2) is 30.3 Å². The number of carbonyl (C=O) groups is 1. The fourth-order valence-corrected chi connectivity index (χ4v) is 1.81. The van der Waals surface area contributed by atoms with Crippen LogP contribution >= 0.6 is 0 Å². The van der Waals surface area contributed by atoms with Crippen molar-refractivity contribution in [3.63, 3.8) is 0 Å². The van der Waals surface area contributed by atoms with Crippen LogP contribution in [0, 0.1) is 0 Å². The third-order valence-corrected chi connectivity index (χ3v) is 3.00. The molecule has 1 rings (SSSR count). The molecule has 3 N–H and O–H groups in total. The predicted molar refractivity (Wildman–Crippen MR) is 76.9 cm³/mol. The number of hydrogen-bond donors (Lipinski definition) is 2. The maximum atomic E-state index is 11.7. The molecule has 0 aromatic heterocycles. The third kappa shape index (κ3) is 6.94. The van der Waals surface area contributed by atoms with E-state index in [0.717, 1.165) is 25.9 Å². The third-order valence-electron chi connectivity index (χ3n) is 3.00. The highest BCUT2D eigenvalue weighted by molar-refractivity contribution is 5.81. The summed E-state index contributed by atoms with van der Waals surface area (Å²) in [6.07, 6.45) is 3.38. The van der Waals surface area contributed by atoms with E-state index in [2.05, 4.69) is 17.4 Å². The van der Waals surface area contributed by atoms with Crippen molar-refractivity contribution in [2.75, 3.05) is 20.3 Å². The van der Waals surface area contributed by atoms with E-state index in [-0.39, 0.29) is 5.91 Å². The number of rotatable bonds is 9. The van der Waals surface area contributed by atoms with Gasteiger partial charge in [0, 0.05) is 20.3 Å². The predicted octanol–water partition coefficient (Wildman–Crippen LogP) is 1.49. The summed E-state index contributed by atoms with van der Waals surface area (Å²) in [5.41, 5.74) is 7.08. The zero-order valence-corrected chi connectivity index (χ0v) is 11.6. The van der Waals surface area contributed by atoms with Gasteiger partial charge in [-0.2, -0.15) is 0 Å². The van der Waals surface area contributed by atoms with Crippen molar-refractivity contribution >= 4 is 5.91 Å². The van der Waals surface area contributed by atoms with Crippen molar-refractivity contribution in [3.8, 4) is 0 Å². The smallest absolute Gasteiger partial charge is 0.236 e. The van der Waals surface area contributed by atoms with E-state index in [9.17, 15) is 4.79 Å². The van der Waals surface area contributed by atoms with Crippen LogP contribution in [0.2, 0.25) is 0 Å². The molecule has 19 heavy (non-hydrogen) atoms. The average molecular weight is 264 g/mol. The topological polar surface area (TPSA) is 64.3 Å². The van der Waals surface area contributed by atoms with Crippen LogP contribution in [0.1, 0.15) is 24.8 Å². The SMILES string of the molecule is COCCCCNC(=O)[C@@H](N)CCc1ccccc1. The van der Waals surface area contributed by atoms with Gasteiger partial charge in [0.2, 0.25) is 5.91 Å². The molecular formula is C15H24N2O2. The Bertz CT molecular complexity index is 354. The van der Waals surface area contributed by atoms with Crippen LogP contribution in [0.25, 0.3) is 0 Å². The van der Waals surface area contributed by atoms with Gasteiger partial charge in [0.15, 0.2) is 0 Å². The number of carbonyl (C=O) groups excluding carboxylic acids is 1. The second kappa shape index (κ2) is 9.53. The lowest BCUT2D eigenvalue weighted by Gasteiger charge is -2.12. The molecule has 0 fully saturated rings. The highest BCUT2D eigenvalue weighted by Gasteiger charge is 2.12. The molecule has 1 aromatic carbocycles. The van der Waals surface area contributed by atoms with Crippen LogP contribution in [0.3, 0.4) is 0 Å². The molecule has 0 spiro atoms. The molecule has 0 unspecified atom stereocenters. The van der Waals surface area contributed by atoms with E-state index in [1.165, 1.54) is 5.56 Å². The van der Waals surface area contributed by atoms with Crippen LogP contribution < -0.4 is 11.1 Å². The first-order valence-electron chi connectivity index (χ1n) is 6.80. The Morgan fingerprint density at radius 2 is 2.05 bits per heavy atom. The summed E-state index contributed by atoms with van der Waals surface area (Å²) >= 11 is 0. The zero-order valence-electron chi connectivity index (χ0n) is 11.6. The number of methoxy groups -OCH3 is 1. The molecule has 0 aliphatic rings. The number of nitrogens with two attached hydrogens (primary N) is 1. The number of aryl methyl sites for hydroxylation is 1. The Morgan fingerprint density at radius 1 is 1.32 bits per heavy atom. The van der Waals surface area contributed by atoms with Gasteiger partial charge in [0.05, 0.1) is 6.04 Å². The van der Waals surface area contributed by atoms with Crippen LogP contribution in [-0.2, 0) is 16.0 Å². The van der Waals surface area contributed by atoms with Gasteiger partial charge in [-0.1, -0.05) is 30.3 Å². The Balaban J connectivity index is 2.14. The highest BCUT2D eigenvalue weighted by Crippen LogP contribution is 2.04. The van der Waals surface area contributed by atoms with Gasteiger partial charge >= 0.3 is 0 Å². The monoisotopic (exact) mass is 264 g/mol. The Hall–Kier alpha value is -1.39. The molecule has 0 heterocycles. The maximum absolute atomic E-state index is 11.7. The fourth-order valence-electron chi connectivity index (χ4n) is 1.81. The van der Waals surface area contributed by atoms with Gasteiger partial charge in [0.1, 0.15) is 0 Å². The summed E-state index contributed by atoms with van der Waals surface area (Å²) in [5.74, 6) is -0.0617. The zero-order chi connectivity index (χ0) is 13.9. The lowest BCUT2D eigenvalue weighted by Crippen LogP contribution is -2.41. The molecular weight excluding hydrogens is 240 g/mol. The highest BCUT2D eigenvalue weighted by atomic mass is 16.5. The number of nitrogens with one attached hydrogen (secondary N) is 1. The molecule has 1 amide bonds. The van der Waals surface area contributed by atoms with E-state index in [1.807, 2.05) is 18.2 Å². The lowest BCUT2D eigenvalue weighted by atomic mass is 10.1. The van der Waals surface area contributed by atoms with Crippen molar-refractivity contribution in [1.82, 2.24) is 5.32 Å². The first-order valence-corrected chi connectivity index (χ1v) is 6.80. The molecule has 1 atom stereocenters. The van der Waals surface area contributed by atoms with Crippen LogP contribution in [0.4, 0.5) is 0 Å². The molecule has 1 aromatic rings. The Kier molecular flexibility index (Phi) is 7.86. The minimum atomic E-state index is -0.428. The molecule has 0 radical (unpaired) electrons. The summed E-state index contributed by atoms with van der Waals surface area (Å²) in [4.78, 5) is 11.7. The Morgan fingerprint density at radius 3 is 2.74 bits per heavy atom. The van der Waals surface area contributed by atoms with E-state index in [0.29, 0.717) is 13.0 Å².